The van der Waals surface area contributed by atoms with Crippen LogP contribution < -0.4 is 9.47 Å². The summed E-state index contributed by atoms with van der Waals surface area (Å²) in [7, 11) is 2.82. The number of hydrogen-bond acceptors (Lipinski definition) is 8. The fraction of sp³-hybridized carbons (Fsp3) is 0.226. The van der Waals surface area contributed by atoms with Gasteiger partial charge in [0, 0.05) is 37.9 Å². The molecule has 0 saturated heterocycles. The number of benzene rings is 2. The van der Waals surface area contributed by atoms with E-state index in [1.165, 1.54) is 37.6 Å². The maximum Gasteiger partial charge on any atom is 0.388 e. The highest BCUT2D eigenvalue weighted by Crippen LogP contribution is 2.29. The van der Waals surface area contributed by atoms with Crippen molar-refractivity contribution in [2.24, 2.45) is 0 Å². The second-order valence-corrected chi connectivity index (χ2v) is 9.46. The van der Waals surface area contributed by atoms with Gasteiger partial charge in [-0.05, 0) is 54.1 Å². The van der Waals surface area contributed by atoms with Crippen molar-refractivity contribution in [1.29, 1.82) is 0 Å². The lowest BCUT2D eigenvalue weighted by Crippen LogP contribution is -2.10. The van der Waals surface area contributed by atoms with Crippen LogP contribution in [-0.2, 0) is 29.0 Å². The molecule has 0 saturated carbocycles. The van der Waals surface area contributed by atoms with Crippen LogP contribution >= 0.6 is 0 Å². The number of halogens is 4. The van der Waals surface area contributed by atoms with Crippen molar-refractivity contribution < 1.29 is 41.3 Å². The van der Waals surface area contributed by atoms with Gasteiger partial charge in [0.1, 0.15) is 24.1 Å². The van der Waals surface area contributed by atoms with Crippen molar-refractivity contribution in [2.45, 2.75) is 26.2 Å². The van der Waals surface area contributed by atoms with Crippen molar-refractivity contribution in [2.75, 3.05) is 20.8 Å². The molecule has 9 nitrogen and oxygen atoms in total. The molecule has 5 rings (SSSR count). The molecule has 0 fully saturated rings. The molecule has 44 heavy (non-hydrogen) atoms. The lowest BCUT2D eigenvalue weighted by Gasteiger charge is -2.12. The van der Waals surface area contributed by atoms with Crippen molar-refractivity contribution in [1.82, 2.24) is 19.5 Å². The summed E-state index contributed by atoms with van der Waals surface area (Å²) in [6, 6.07) is 14.6. The number of ether oxygens (including phenoxy) is 4. The predicted octanol–water partition coefficient (Wildman–Crippen LogP) is 5.98. The average molecular weight is 611 g/mol. The van der Waals surface area contributed by atoms with Gasteiger partial charge >= 0.3 is 12.6 Å². The Labute approximate surface area is 249 Å². The summed E-state index contributed by atoms with van der Waals surface area (Å²) in [5.41, 5.74) is 1.83. The van der Waals surface area contributed by atoms with Gasteiger partial charge in [0.25, 0.3) is 0 Å². The van der Waals surface area contributed by atoms with Gasteiger partial charge in [-0.25, -0.2) is 28.5 Å². The first-order valence-corrected chi connectivity index (χ1v) is 13.3. The minimum atomic E-state index is -3.06. The number of carbonyl (C=O) groups is 1. The molecule has 5 aromatic rings. The summed E-state index contributed by atoms with van der Waals surface area (Å²) in [5, 5.41) is 0. The number of aromatic nitrogens is 4. The number of methoxy groups -OCH3 is 2. The van der Waals surface area contributed by atoms with Crippen molar-refractivity contribution >= 4 is 17.0 Å². The molecule has 0 unspecified atom stereocenters. The number of esters is 1. The van der Waals surface area contributed by atoms with E-state index in [0.29, 0.717) is 35.6 Å². The van der Waals surface area contributed by atoms with Crippen LogP contribution in [0.4, 0.5) is 17.6 Å². The molecule has 0 amide bonds. The fourth-order valence-electron chi connectivity index (χ4n) is 4.60. The molecule has 0 N–H and O–H groups in total. The lowest BCUT2D eigenvalue weighted by molar-refractivity contribution is -0.0539. The Bertz CT molecular complexity index is 1800. The van der Waals surface area contributed by atoms with E-state index < -0.39 is 24.2 Å². The van der Waals surface area contributed by atoms with E-state index in [4.69, 9.17) is 14.2 Å². The van der Waals surface area contributed by atoms with Crippen LogP contribution in [0, 0.1) is 11.6 Å². The van der Waals surface area contributed by atoms with Crippen LogP contribution in [0.3, 0.4) is 0 Å². The monoisotopic (exact) mass is 610 g/mol. The Morgan fingerprint density at radius 2 is 1.80 bits per heavy atom. The molecule has 0 aliphatic rings. The summed E-state index contributed by atoms with van der Waals surface area (Å²) in [6.45, 7) is -2.58. The first-order valence-electron chi connectivity index (χ1n) is 13.3. The molecule has 13 heteroatoms. The lowest BCUT2D eigenvalue weighted by atomic mass is 10.0. The molecule has 0 aliphatic carbocycles. The van der Waals surface area contributed by atoms with E-state index in [1.54, 1.807) is 35.9 Å². The summed E-state index contributed by atoms with van der Waals surface area (Å²) in [6.07, 6.45) is 1.26. The molecule has 0 spiro atoms. The zero-order chi connectivity index (χ0) is 31.2. The van der Waals surface area contributed by atoms with Crippen molar-refractivity contribution in [3.63, 3.8) is 0 Å². The van der Waals surface area contributed by atoms with Crippen molar-refractivity contribution in [3.05, 3.63) is 101 Å². The SMILES string of the molecule is COCCn1c(Cc2cc(F)c(-c3cccc(OCc4cccnc4OC(F)F)n3)cc2F)nc2ccc(C(=O)OC)cc21. The van der Waals surface area contributed by atoms with Crippen molar-refractivity contribution in [3.8, 4) is 23.0 Å². The number of nitrogens with zero attached hydrogens (tertiary/aromatic N) is 4. The van der Waals surface area contributed by atoms with Crippen LogP contribution in [0.1, 0.15) is 27.3 Å². The Hall–Kier alpha value is -5.04. The topological polar surface area (TPSA) is 97.6 Å². The highest BCUT2D eigenvalue weighted by molar-refractivity contribution is 5.93. The molecular weight excluding hydrogens is 584 g/mol. The highest BCUT2D eigenvalue weighted by atomic mass is 19.3. The van der Waals surface area contributed by atoms with Gasteiger partial charge in [-0.2, -0.15) is 8.78 Å². The molecule has 228 valence electrons. The minimum Gasteiger partial charge on any atom is -0.473 e. The summed E-state index contributed by atoms with van der Waals surface area (Å²) in [4.78, 5) is 24.7. The van der Waals surface area contributed by atoms with Crippen LogP contribution in [0.2, 0.25) is 0 Å². The van der Waals surface area contributed by atoms with E-state index in [2.05, 4.69) is 19.7 Å². The molecule has 3 aromatic heterocycles. The molecule has 0 atom stereocenters. The second kappa shape index (κ2) is 13.5. The largest absolute Gasteiger partial charge is 0.473 e. The van der Waals surface area contributed by atoms with Gasteiger partial charge in [-0.15, -0.1) is 0 Å². The third-order valence-corrected chi connectivity index (χ3v) is 6.68. The van der Waals surface area contributed by atoms with Gasteiger partial charge < -0.3 is 23.5 Å². The number of pyridine rings is 2. The maximum atomic E-state index is 15.4. The first kappa shape index (κ1) is 30.4. The van der Waals surface area contributed by atoms with Crippen LogP contribution in [0.15, 0.2) is 66.9 Å². The summed E-state index contributed by atoms with van der Waals surface area (Å²) >= 11 is 0. The van der Waals surface area contributed by atoms with Gasteiger partial charge in [0.2, 0.25) is 11.8 Å². The molecular formula is C31H26F4N4O5. The fourth-order valence-corrected chi connectivity index (χ4v) is 4.60. The number of fused-ring (bicyclic) bond motifs is 1. The third kappa shape index (κ3) is 6.78. The smallest absolute Gasteiger partial charge is 0.388 e. The Balaban J connectivity index is 1.40. The zero-order valence-electron chi connectivity index (χ0n) is 23.6. The van der Waals surface area contributed by atoms with Gasteiger partial charge in [0.05, 0.1) is 41.6 Å². The zero-order valence-corrected chi connectivity index (χ0v) is 23.6. The first-order chi connectivity index (χ1) is 21.3. The third-order valence-electron chi connectivity index (χ3n) is 6.68. The Kier molecular flexibility index (Phi) is 9.34. The standard InChI is InChI=1S/C31H26F4N4O5/c1-41-12-11-39-26-14-18(30(40)42-2)8-9-25(26)37-27(39)15-20-13-23(33)21(16-22(20)32)24-6-3-7-28(38-24)43-17-19-5-4-10-36-29(19)44-31(34)35/h3-10,13-14,16,31H,11-12,15,17H2,1-2H3. The van der Waals surface area contributed by atoms with Gasteiger partial charge in [-0.3, -0.25) is 0 Å². The minimum absolute atomic E-state index is 0.0420. The summed E-state index contributed by atoms with van der Waals surface area (Å²) in [5.74, 6) is -1.71. The Morgan fingerprint density at radius 3 is 2.57 bits per heavy atom. The van der Waals surface area contributed by atoms with Gasteiger partial charge in [-0.1, -0.05) is 6.07 Å². The molecule has 2 aromatic carbocycles. The van der Waals surface area contributed by atoms with E-state index >= 15 is 8.78 Å². The van der Waals surface area contributed by atoms with E-state index in [0.717, 1.165) is 12.1 Å². The Morgan fingerprint density at radius 1 is 0.955 bits per heavy atom. The molecule has 0 bridgehead atoms. The highest BCUT2D eigenvalue weighted by Gasteiger charge is 2.19. The van der Waals surface area contributed by atoms with E-state index in [1.807, 2.05) is 0 Å². The van der Waals surface area contributed by atoms with E-state index in [-0.39, 0.29) is 47.2 Å². The number of alkyl halides is 2. The predicted molar refractivity (Wildman–Crippen MR) is 151 cm³/mol. The maximum absolute atomic E-state index is 15.4. The van der Waals surface area contributed by atoms with Crippen LogP contribution in [0.25, 0.3) is 22.3 Å². The molecule has 0 radical (unpaired) electrons. The van der Waals surface area contributed by atoms with Crippen LogP contribution in [-0.4, -0.2) is 52.9 Å². The van der Waals surface area contributed by atoms with Gasteiger partial charge in [0.15, 0.2) is 0 Å². The van der Waals surface area contributed by atoms with Crippen LogP contribution in [0.5, 0.6) is 11.8 Å². The molecule has 3 heterocycles. The number of imidazole rings is 1. The molecule has 0 aliphatic heterocycles. The quantitative estimate of drug-likeness (QED) is 0.126. The second-order valence-electron chi connectivity index (χ2n) is 9.46. The number of rotatable bonds is 12. The normalized spacial score (nSPS) is 11.2. The van der Waals surface area contributed by atoms with E-state index in [9.17, 15) is 13.6 Å². The number of hydrogen-bond donors (Lipinski definition) is 0. The average Bonchev–Trinajstić information content (AvgIpc) is 3.36. The summed E-state index contributed by atoms with van der Waals surface area (Å²) < 4.78 is 78.1. The number of carbonyl (C=O) groups excluding carboxylic acids is 1.